The molecule has 0 fully saturated rings. The van der Waals surface area contributed by atoms with Gasteiger partial charge < -0.3 is 5.32 Å². The lowest BCUT2D eigenvalue weighted by molar-refractivity contribution is -0.119. The third-order valence-electron chi connectivity index (χ3n) is 3.02. The number of hydrogen-bond donors (Lipinski definition) is 2. The van der Waals surface area contributed by atoms with Gasteiger partial charge in [-0.3, -0.25) is 9.78 Å². The summed E-state index contributed by atoms with van der Waals surface area (Å²) in [5, 5.41) is 7.04. The average Bonchev–Trinajstić information content (AvgIpc) is 2.48. The maximum absolute atomic E-state index is 11.7. The summed E-state index contributed by atoms with van der Waals surface area (Å²) in [6.45, 7) is 4.20. The molecule has 0 aliphatic rings. The van der Waals surface area contributed by atoms with E-state index in [1.54, 1.807) is 18.6 Å². The summed E-state index contributed by atoms with van der Waals surface area (Å²) in [6.07, 6.45) is 4.93. The van der Waals surface area contributed by atoms with Crippen LogP contribution in [0.4, 0.5) is 5.69 Å². The molecular formula is C16H18N4O. The van der Waals surface area contributed by atoms with Gasteiger partial charge in [0.05, 0.1) is 12.8 Å². The molecule has 0 bridgehead atoms. The van der Waals surface area contributed by atoms with Crippen LogP contribution in [0.5, 0.6) is 0 Å². The summed E-state index contributed by atoms with van der Waals surface area (Å²) < 4.78 is 0. The number of carbonyl (C=O) groups is 1. The Bertz CT molecular complexity index is 618. The first-order valence-electron chi connectivity index (χ1n) is 6.69. The third-order valence-corrected chi connectivity index (χ3v) is 3.02. The summed E-state index contributed by atoms with van der Waals surface area (Å²) >= 11 is 0. The van der Waals surface area contributed by atoms with Crippen molar-refractivity contribution in [1.29, 1.82) is 0 Å². The van der Waals surface area contributed by atoms with Gasteiger partial charge in [0.2, 0.25) is 0 Å². The zero-order valence-corrected chi connectivity index (χ0v) is 12.1. The number of carbonyl (C=O) groups excluding carboxylic acids is 1. The Morgan fingerprint density at radius 1 is 1.19 bits per heavy atom. The molecule has 1 aromatic carbocycles. The number of nitrogens with one attached hydrogen (secondary N) is 2. The topological polar surface area (TPSA) is 66.4 Å². The lowest BCUT2D eigenvalue weighted by Gasteiger charge is -2.11. The summed E-state index contributed by atoms with van der Waals surface area (Å²) in [5.74, 6) is -0.192. The van der Waals surface area contributed by atoms with E-state index in [1.165, 1.54) is 0 Å². The molecule has 5 heteroatoms. The second kappa shape index (κ2) is 7.19. The number of para-hydroxylation sites is 1. The molecular weight excluding hydrogens is 264 g/mol. The van der Waals surface area contributed by atoms with Crippen molar-refractivity contribution in [2.45, 2.75) is 13.8 Å². The molecule has 2 N–H and O–H groups in total. The van der Waals surface area contributed by atoms with Gasteiger partial charge in [-0.25, -0.2) is 5.43 Å². The van der Waals surface area contributed by atoms with Gasteiger partial charge in [0.25, 0.3) is 5.91 Å². The third kappa shape index (κ3) is 4.42. The molecule has 1 amide bonds. The number of aryl methyl sites for hydroxylation is 2. The molecule has 0 saturated carbocycles. The number of anilines is 1. The van der Waals surface area contributed by atoms with Crippen LogP contribution in [0.15, 0.2) is 47.8 Å². The molecule has 5 nitrogen and oxygen atoms in total. The predicted molar refractivity (Wildman–Crippen MR) is 84.4 cm³/mol. The number of hydrogen-bond acceptors (Lipinski definition) is 4. The normalized spacial score (nSPS) is 10.6. The van der Waals surface area contributed by atoms with Crippen LogP contribution in [0.1, 0.15) is 16.7 Å². The quantitative estimate of drug-likeness (QED) is 0.653. The van der Waals surface area contributed by atoms with Crippen LogP contribution in [0.2, 0.25) is 0 Å². The Hall–Kier alpha value is -2.69. The van der Waals surface area contributed by atoms with Crippen LogP contribution in [0, 0.1) is 13.8 Å². The molecule has 2 aromatic rings. The molecule has 1 heterocycles. The number of pyridine rings is 1. The van der Waals surface area contributed by atoms with Crippen molar-refractivity contribution in [2.75, 3.05) is 11.9 Å². The molecule has 0 radical (unpaired) electrons. The molecule has 0 atom stereocenters. The van der Waals surface area contributed by atoms with Crippen LogP contribution < -0.4 is 10.7 Å². The minimum Gasteiger partial charge on any atom is -0.376 e. The van der Waals surface area contributed by atoms with Crippen LogP contribution in [0.3, 0.4) is 0 Å². The fourth-order valence-electron chi connectivity index (χ4n) is 1.93. The first-order valence-corrected chi connectivity index (χ1v) is 6.69. The highest BCUT2D eigenvalue weighted by atomic mass is 16.2. The standard InChI is InChI=1S/C16H18N4O/c1-12-4-3-5-13(2)16(12)18-11-15(21)20-19-10-14-6-8-17-9-7-14/h3-10,18H,11H2,1-2H3,(H,20,21)/b19-10-. The largest absolute Gasteiger partial charge is 0.376 e. The monoisotopic (exact) mass is 282 g/mol. The molecule has 0 aliphatic carbocycles. The van der Waals surface area contributed by atoms with Crippen molar-refractivity contribution in [3.63, 3.8) is 0 Å². The molecule has 0 unspecified atom stereocenters. The van der Waals surface area contributed by atoms with Crippen molar-refractivity contribution in [3.05, 3.63) is 59.4 Å². The Kier molecular flexibility index (Phi) is 5.04. The van der Waals surface area contributed by atoms with Gasteiger partial charge in [-0.2, -0.15) is 5.10 Å². The second-order valence-corrected chi connectivity index (χ2v) is 4.69. The smallest absolute Gasteiger partial charge is 0.259 e. The molecule has 1 aromatic heterocycles. The zero-order chi connectivity index (χ0) is 15.1. The van der Waals surface area contributed by atoms with Crippen molar-refractivity contribution in [3.8, 4) is 0 Å². The second-order valence-electron chi connectivity index (χ2n) is 4.69. The number of amides is 1. The summed E-state index contributed by atoms with van der Waals surface area (Å²) in [4.78, 5) is 15.6. The Morgan fingerprint density at radius 2 is 1.86 bits per heavy atom. The Balaban J connectivity index is 1.84. The van der Waals surface area contributed by atoms with E-state index in [-0.39, 0.29) is 12.5 Å². The van der Waals surface area contributed by atoms with Gasteiger partial charge in [-0.05, 0) is 42.7 Å². The average molecular weight is 282 g/mol. The summed E-state index contributed by atoms with van der Waals surface area (Å²) in [6, 6.07) is 9.63. The highest BCUT2D eigenvalue weighted by Gasteiger charge is 2.04. The van der Waals surface area contributed by atoms with Gasteiger partial charge in [0.1, 0.15) is 0 Å². The van der Waals surface area contributed by atoms with Gasteiger partial charge in [0.15, 0.2) is 0 Å². The number of benzene rings is 1. The minimum atomic E-state index is -0.192. The predicted octanol–water partition coefficient (Wildman–Crippen LogP) is 2.26. The van der Waals surface area contributed by atoms with E-state index >= 15 is 0 Å². The van der Waals surface area contributed by atoms with Crippen molar-refractivity contribution < 1.29 is 4.79 Å². The highest BCUT2D eigenvalue weighted by Crippen LogP contribution is 2.18. The van der Waals surface area contributed by atoms with Crippen molar-refractivity contribution in [1.82, 2.24) is 10.4 Å². The maximum Gasteiger partial charge on any atom is 0.259 e. The van der Waals surface area contributed by atoms with Gasteiger partial charge in [-0.1, -0.05) is 18.2 Å². The van der Waals surface area contributed by atoms with E-state index < -0.39 is 0 Å². The van der Waals surface area contributed by atoms with E-state index in [2.05, 4.69) is 20.8 Å². The Morgan fingerprint density at radius 3 is 2.52 bits per heavy atom. The van der Waals surface area contributed by atoms with E-state index in [4.69, 9.17) is 0 Å². The fourth-order valence-corrected chi connectivity index (χ4v) is 1.93. The van der Waals surface area contributed by atoms with Crippen LogP contribution in [-0.4, -0.2) is 23.7 Å². The van der Waals surface area contributed by atoms with Gasteiger partial charge >= 0.3 is 0 Å². The van der Waals surface area contributed by atoms with E-state index in [0.29, 0.717) is 0 Å². The van der Waals surface area contributed by atoms with E-state index in [0.717, 1.165) is 22.4 Å². The lowest BCUT2D eigenvalue weighted by Crippen LogP contribution is -2.26. The highest BCUT2D eigenvalue weighted by molar-refractivity contribution is 5.84. The number of rotatable bonds is 5. The molecule has 108 valence electrons. The molecule has 0 aliphatic heterocycles. The summed E-state index contributed by atoms with van der Waals surface area (Å²) in [7, 11) is 0. The number of nitrogens with zero attached hydrogens (tertiary/aromatic N) is 2. The SMILES string of the molecule is Cc1cccc(C)c1NCC(=O)N/N=C\c1ccncc1. The number of aromatic nitrogens is 1. The van der Waals surface area contributed by atoms with Crippen LogP contribution >= 0.6 is 0 Å². The summed E-state index contributed by atoms with van der Waals surface area (Å²) in [5.41, 5.74) is 6.59. The van der Waals surface area contributed by atoms with Crippen molar-refractivity contribution in [2.24, 2.45) is 5.10 Å². The lowest BCUT2D eigenvalue weighted by atomic mass is 10.1. The molecule has 0 saturated heterocycles. The first kappa shape index (κ1) is 14.7. The molecule has 0 spiro atoms. The Labute approximate surface area is 124 Å². The molecule has 2 rings (SSSR count). The first-order chi connectivity index (χ1) is 10.2. The zero-order valence-electron chi connectivity index (χ0n) is 12.1. The molecule has 21 heavy (non-hydrogen) atoms. The van der Waals surface area contributed by atoms with Crippen LogP contribution in [0.25, 0.3) is 0 Å². The van der Waals surface area contributed by atoms with Gasteiger partial charge in [0, 0.05) is 18.1 Å². The number of hydrazone groups is 1. The van der Waals surface area contributed by atoms with E-state index in [1.807, 2.05) is 44.2 Å². The minimum absolute atomic E-state index is 0.180. The fraction of sp³-hybridized carbons (Fsp3) is 0.188. The van der Waals surface area contributed by atoms with Crippen molar-refractivity contribution >= 4 is 17.8 Å². The van der Waals surface area contributed by atoms with E-state index in [9.17, 15) is 4.79 Å². The van der Waals surface area contributed by atoms with Gasteiger partial charge in [-0.15, -0.1) is 0 Å². The van der Waals surface area contributed by atoms with Crippen LogP contribution in [-0.2, 0) is 4.79 Å². The maximum atomic E-state index is 11.7.